The number of hydrogen-bond acceptors (Lipinski definition) is 3. The van der Waals surface area contributed by atoms with Crippen molar-refractivity contribution >= 4 is 33.6 Å². The number of benzene rings is 1. The van der Waals surface area contributed by atoms with E-state index in [1.807, 2.05) is 31.2 Å². The molecule has 0 aromatic heterocycles. The highest BCUT2D eigenvalue weighted by molar-refractivity contribution is 9.10. The smallest absolute Gasteiger partial charge is 0.230 e. The SMILES string of the molecule is CC(CCO)CNC(=O)CSc1cccc(Br)c1. The Morgan fingerprint density at radius 2 is 2.33 bits per heavy atom. The lowest BCUT2D eigenvalue weighted by Gasteiger charge is -2.10. The van der Waals surface area contributed by atoms with Gasteiger partial charge in [-0.15, -0.1) is 11.8 Å². The summed E-state index contributed by atoms with van der Waals surface area (Å²) in [5.74, 6) is 0.766. The Morgan fingerprint density at radius 3 is 3.00 bits per heavy atom. The van der Waals surface area contributed by atoms with E-state index in [9.17, 15) is 4.79 Å². The maximum atomic E-state index is 11.6. The van der Waals surface area contributed by atoms with Crippen LogP contribution in [-0.4, -0.2) is 29.9 Å². The van der Waals surface area contributed by atoms with E-state index in [1.54, 1.807) is 0 Å². The van der Waals surface area contributed by atoms with Crippen LogP contribution in [0, 0.1) is 5.92 Å². The van der Waals surface area contributed by atoms with Gasteiger partial charge < -0.3 is 10.4 Å². The minimum atomic E-state index is 0.0322. The topological polar surface area (TPSA) is 49.3 Å². The zero-order chi connectivity index (χ0) is 13.4. The van der Waals surface area contributed by atoms with E-state index < -0.39 is 0 Å². The lowest BCUT2D eigenvalue weighted by atomic mass is 10.1. The number of hydrogen-bond donors (Lipinski definition) is 2. The lowest BCUT2D eigenvalue weighted by Crippen LogP contribution is -2.29. The number of amides is 1. The van der Waals surface area contributed by atoms with Crippen LogP contribution in [0.25, 0.3) is 0 Å². The highest BCUT2D eigenvalue weighted by Gasteiger charge is 2.06. The molecule has 100 valence electrons. The summed E-state index contributed by atoms with van der Waals surface area (Å²) < 4.78 is 1.02. The summed E-state index contributed by atoms with van der Waals surface area (Å²) in [5, 5.41) is 11.6. The summed E-state index contributed by atoms with van der Waals surface area (Å²) in [7, 11) is 0. The predicted octanol–water partition coefficient (Wildman–Crippen LogP) is 2.68. The third-order valence-corrected chi connectivity index (χ3v) is 3.92. The minimum absolute atomic E-state index is 0.0322. The zero-order valence-electron chi connectivity index (χ0n) is 10.4. The van der Waals surface area contributed by atoms with Gasteiger partial charge in [-0.25, -0.2) is 0 Å². The second-order valence-corrected chi connectivity index (χ2v) is 6.13. The molecule has 0 heterocycles. The Morgan fingerprint density at radius 1 is 1.56 bits per heavy atom. The zero-order valence-corrected chi connectivity index (χ0v) is 12.8. The Bertz CT molecular complexity index is 387. The minimum Gasteiger partial charge on any atom is -0.396 e. The normalized spacial score (nSPS) is 12.2. The van der Waals surface area contributed by atoms with Gasteiger partial charge in [-0.05, 0) is 30.5 Å². The van der Waals surface area contributed by atoms with Crippen LogP contribution in [0.2, 0.25) is 0 Å². The van der Waals surface area contributed by atoms with Crippen LogP contribution in [0.3, 0.4) is 0 Å². The summed E-state index contributed by atoms with van der Waals surface area (Å²) in [5.41, 5.74) is 0. The maximum absolute atomic E-state index is 11.6. The van der Waals surface area contributed by atoms with Crippen LogP contribution in [0.15, 0.2) is 33.6 Å². The Labute approximate surface area is 120 Å². The molecule has 3 nitrogen and oxygen atoms in total. The number of thioether (sulfide) groups is 1. The third kappa shape index (κ3) is 6.42. The number of carbonyl (C=O) groups is 1. The largest absolute Gasteiger partial charge is 0.396 e. The molecule has 1 atom stereocenters. The van der Waals surface area contributed by atoms with Crippen molar-refractivity contribution in [3.05, 3.63) is 28.7 Å². The second kappa shape index (κ2) is 8.56. The molecule has 18 heavy (non-hydrogen) atoms. The summed E-state index contributed by atoms with van der Waals surface area (Å²) >= 11 is 4.91. The predicted molar refractivity (Wildman–Crippen MR) is 78.7 cm³/mol. The van der Waals surface area contributed by atoms with E-state index in [1.165, 1.54) is 11.8 Å². The van der Waals surface area contributed by atoms with Crippen molar-refractivity contribution in [3.63, 3.8) is 0 Å². The van der Waals surface area contributed by atoms with Gasteiger partial charge >= 0.3 is 0 Å². The number of nitrogens with one attached hydrogen (secondary N) is 1. The first kappa shape index (κ1) is 15.5. The van der Waals surface area contributed by atoms with Crippen LogP contribution < -0.4 is 5.32 Å². The fourth-order valence-electron chi connectivity index (χ4n) is 1.37. The molecule has 1 rings (SSSR count). The van der Waals surface area contributed by atoms with Gasteiger partial charge in [0.2, 0.25) is 5.91 Å². The highest BCUT2D eigenvalue weighted by Crippen LogP contribution is 2.21. The molecule has 0 saturated heterocycles. The number of aliphatic hydroxyl groups is 1. The molecule has 1 aromatic rings. The summed E-state index contributed by atoms with van der Waals surface area (Å²) in [6.07, 6.45) is 0.721. The van der Waals surface area contributed by atoms with E-state index >= 15 is 0 Å². The summed E-state index contributed by atoms with van der Waals surface area (Å²) in [4.78, 5) is 12.7. The van der Waals surface area contributed by atoms with E-state index in [-0.39, 0.29) is 12.5 Å². The third-order valence-electron chi connectivity index (χ3n) is 2.44. The Kier molecular flexibility index (Phi) is 7.39. The second-order valence-electron chi connectivity index (χ2n) is 4.17. The Balaban J connectivity index is 2.25. The van der Waals surface area contributed by atoms with Crippen LogP contribution in [0.5, 0.6) is 0 Å². The molecule has 0 bridgehead atoms. The van der Waals surface area contributed by atoms with Crippen LogP contribution >= 0.6 is 27.7 Å². The van der Waals surface area contributed by atoms with Gasteiger partial charge in [0.1, 0.15) is 0 Å². The van der Waals surface area contributed by atoms with Crippen molar-refractivity contribution in [2.45, 2.75) is 18.2 Å². The van der Waals surface area contributed by atoms with E-state index in [0.29, 0.717) is 18.2 Å². The molecular formula is C13H18BrNO2S. The molecule has 0 aliphatic rings. The van der Waals surface area contributed by atoms with Crippen LogP contribution in [0.1, 0.15) is 13.3 Å². The lowest BCUT2D eigenvalue weighted by molar-refractivity contribution is -0.118. The van der Waals surface area contributed by atoms with Crippen molar-refractivity contribution in [2.24, 2.45) is 5.92 Å². The van der Waals surface area contributed by atoms with Gasteiger partial charge in [-0.3, -0.25) is 4.79 Å². The fourth-order valence-corrected chi connectivity index (χ4v) is 2.70. The molecule has 0 aliphatic carbocycles. The van der Waals surface area contributed by atoms with Gasteiger partial charge in [-0.2, -0.15) is 0 Å². The average molecular weight is 332 g/mol. The van der Waals surface area contributed by atoms with E-state index in [2.05, 4.69) is 21.2 Å². The summed E-state index contributed by atoms with van der Waals surface area (Å²) in [6, 6.07) is 7.89. The maximum Gasteiger partial charge on any atom is 0.230 e. The van der Waals surface area contributed by atoms with Crippen molar-refractivity contribution in [2.75, 3.05) is 18.9 Å². The average Bonchev–Trinajstić information content (AvgIpc) is 2.34. The van der Waals surface area contributed by atoms with Crippen molar-refractivity contribution in [1.82, 2.24) is 5.32 Å². The summed E-state index contributed by atoms with van der Waals surface area (Å²) in [6.45, 7) is 2.81. The highest BCUT2D eigenvalue weighted by atomic mass is 79.9. The van der Waals surface area contributed by atoms with Crippen molar-refractivity contribution < 1.29 is 9.90 Å². The van der Waals surface area contributed by atoms with Gasteiger partial charge in [0.25, 0.3) is 0 Å². The molecular weight excluding hydrogens is 314 g/mol. The van der Waals surface area contributed by atoms with E-state index in [0.717, 1.165) is 15.8 Å². The molecule has 1 aromatic carbocycles. The van der Waals surface area contributed by atoms with Gasteiger partial charge in [0.05, 0.1) is 5.75 Å². The molecule has 0 saturated carbocycles. The van der Waals surface area contributed by atoms with Gasteiger partial charge in [-0.1, -0.05) is 28.9 Å². The standard InChI is InChI=1S/C13H18BrNO2S/c1-10(5-6-16)8-15-13(17)9-18-12-4-2-3-11(14)7-12/h2-4,7,10,16H,5-6,8-9H2,1H3,(H,15,17). The molecule has 0 radical (unpaired) electrons. The molecule has 5 heteroatoms. The molecule has 0 spiro atoms. The first-order valence-electron chi connectivity index (χ1n) is 5.87. The van der Waals surface area contributed by atoms with Crippen LogP contribution in [-0.2, 0) is 4.79 Å². The molecule has 1 unspecified atom stereocenters. The number of halogens is 1. The Hall–Kier alpha value is -0.520. The first-order valence-corrected chi connectivity index (χ1v) is 7.65. The fraction of sp³-hybridized carbons (Fsp3) is 0.462. The van der Waals surface area contributed by atoms with Crippen LogP contribution in [0.4, 0.5) is 0 Å². The molecule has 0 fully saturated rings. The first-order chi connectivity index (χ1) is 8.61. The number of carbonyl (C=O) groups excluding carboxylic acids is 1. The number of aliphatic hydroxyl groups excluding tert-OH is 1. The van der Waals surface area contributed by atoms with Gasteiger partial charge in [0, 0.05) is 22.5 Å². The van der Waals surface area contributed by atoms with Crippen molar-refractivity contribution in [3.8, 4) is 0 Å². The monoisotopic (exact) mass is 331 g/mol. The van der Waals surface area contributed by atoms with E-state index in [4.69, 9.17) is 5.11 Å². The molecule has 1 amide bonds. The van der Waals surface area contributed by atoms with Gasteiger partial charge in [0.15, 0.2) is 0 Å². The van der Waals surface area contributed by atoms with Crippen molar-refractivity contribution in [1.29, 1.82) is 0 Å². The quantitative estimate of drug-likeness (QED) is 0.755. The molecule has 0 aliphatic heterocycles. The number of rotatable bonds is 7. The molecule has 2 N–H and O–H groups in total.